The molecule has 1 aromatic heterocycles. The van der Waals surface area contributed by atoms with Crippen molar-refractivity contribution in [3.8, 4) is 0 Å². The predicted molar refractivity (Wildman–Crippen MR) is 79.4 cm³/mol. The van der Waals surface area contributed by atoms with Crippen LogP contribution in [0.1, 0.15) is 41.6 Å². The van der Waals surface area contributed by atoms with Crippen molar-refractivity contribution in [3.05, 3.63) is 70.9 Å². The molecule has 1 fully saturated rings. The number of carbonyl (C=O) groups is 1. The first kappa shape index (κ1) is 14.5. The molecule has 4 nitrogen and oxygen atoms in total. The molecule has 0 bridgehead atoms. The van der Waals surface area contributed by atoms with E-state index in [1.807, 2.05) is 0 Å². The third-order valence-corrected chi connectivity index (χ3v) is 4.27. The summed E-state index contributed by atoms with van der Waals surface area (Å²) in [6.45, 7) is 0. The van der Waals surface area contributed by atoms with Crippen LogP contribution in [-0.2, 0) is 5.54 Å². The summed E-state index contributed by atoms with van der Waals surface area (Å²) in [6, 6.07) is 9.30. The average molecular weight is 300 g/mol. The van der Waals surface area contributed by atoms with Crippen molar-refractivity contribution in [1.29, 1.82) is 0 Å². The van der Waals surface area contributed by atoms with Crippen LogP contribution >= 0.6 is 0 Å². The predicted octanol–water partition coefficient (Wildman–Crippen LogP) is 2.66. The number of amides is 1. The molecule has 2 aromatic rings. The van der Waals surface area contributed by atoms with Gasteiger partial charge in [-0.15, -0.1) is 0 Å². The summed E-state index contributed by atoms with van der Waals surface area (Å²) < 4.78 is 13.8. The minimum absolute atomic E-state index is 0.216. The summed E-state index contributed by atoms with van der Waals surface area (Å²) in [5.74, 6) is -0.502. The standard InChI is InChI=1S/C17H17FN2O2/c18-15-5-3-14(4-6-15)17(9-1-2-10-17)19-16(21)13-7-11-20(22)12-8-13/h3-8,11-12H,1-2,9-10H2,(H,19,21). The molecule has 0 atom stereocenters. The summed E-state index contributed by atoms with van der Waals surface area (Å²) in [5, 5.41) is 14.1. The van der Waals surface area contributed by atoms with Crippen LogP contribution < -0.4 is 10.0 Å². The van der Waals surface area contributed by atoms with Gasteiger partial charge in [0.05, 0.1) is 11.1 Å². The molecule has 1 amide bonds. The second-order valence-corrected chi connectivity index (χ2v) is 5.70. The smallest absolute Gasteiger partial charge is 0.252 e. The number of aromatic nitrogens is 1. The van der Waals surface area contributed by atoms with Gasteiger partial charge in [0, 0.05) is 12.1 Å². The third-order valence-electron chi connectivity index (χ3n) is 4.27. The second-order valence-electron chi connectivity index (χ2n) is 5.70. The molecule has 1 aromatic carbocycles. The van der Waals surface area contributed by atoms with E-state index in [0.29, 0.717) is 10.3 Å². The van der Waals surface area contributed by atoms with E-state index in [1.165, 1.54) is 36.7 Å². The van der Waals surface area contributed by atoms with Crippen LogP contribution in [0, 0.1) is 11.0 Å². The third kappa shape index (κ3) is 2.79. The fraction of sp³-hybridized carbons (Fsp3) is 0.294. The van der Waals surface area contributed by atoms with Crippen LogP contribution in [0.25, 0.3) is 0 Å². The number of halogens is 1. The minimum atomic E-state index is -0.450. The summed E-state index contributed by atoms with van der Waals surface area (Å²) in [4.78, 5) is 12.5. The molecule has 0 unspecified atom stereocenters. The number of carbonyl (C=O) groups excluding carboxylic acids is 1. The van der Waals surface area contributed by atoms with Crippen LogP contribution in [0.4, 0.5) is 4.39 Å². The van der Waals surface area contributed by atoms with Gasteiger partial charge in [0.15, 0.2) is 12.4 Å². The van der Waals surface area contributed by atoms with Gasteiger partial charge in [-0.1, -0.05) is 25.0 Å². The van der Waals surface area contributed by atoms with Gasteiger partial charge in [-0.25, -0.2) is 4.39 Å². The van der Waals surface area contributed by atoms with Crippen LogP contribution in [0.5, 0.6) is 0 Å². The Kier molecular flexibility index (Phi) is 3.79. The van der Waals surface area contributed by atoms with E-state index in [-0.39, 0.29) is 11.7 Å². The van der Waals surface area contributed by atoms with Crippen molar-refractivity contribution < 1.29 is 13.9 Å². The van der Waals surface area contributed by atoms with Gasteiger partial charge in [0.1, 0.15) is 5.82 Å². The first-order valence-corrected chi connectivity index (χ1v) is 7.36. The van der Waals surface area contributed by atoms with E-state index in [9.17, 15) is 14.4 Å². The van der Waals surface area contributed by atoms with Crippen LogP contribution in [0.2, 0.25) is 0 Å². The van der Waals surface area contributed by atoms with Gasteiger partial charge in [0.25, 0.3) is 5.91 Å². The zero-order valence-corrected chi connectivity index (χ0v) is 12.1. The lowest BCUT2D eigenvalue weighted by Crippen LogP contribution is -2.44. The highest BCUT2D eigenvalue weighted by Crippen LogP contribution is 2.39. The molecule has 114 valence electrons. The van der Waals surface area contributed by atoms with Gasteiger partial charge >= 0.3 is 0 Å². The maximum absolute atomic E-state index is 13.1. The lowest BCUT2D eigenvalue weighted by Gasteiger charge is -2.31. The van der Waals surface area contributed by atoms with E-state index in [1.54, 1.807) is 12.1 Å². The highest BCUT2D eigenvalue weighted by molar-refractivity contribution is 5.94. The van der Waals surface area contributed by atoms with Crippen molar-refractivity contribution >= 4 is 5.91 Å². The van der Waals surface area contributed by atoms with E-state index in [2.05, 4.69) is 5.32 Å². The normalized spacial score (nSPS) is 16.4. The molecular weight excluding hydrogens is 283 g/mol. The first-order valence-electron chi connectivity index (χ1n) is 7.36. The Morgan fingerprint density at radius 1 is 1.09 bits per heavy atom. The summed E-state index contributed by atoms with van der Waals surface area (Å²) in [6.07, 6.45) is 6.31. The minimum Gasteiger partial charge on any atom is -0.619 e. The average Bonchev–Trinajstić information content (AvgIpc) is 2.98. The Bertz CT molecular complexity index is 662. The molecule has 1 aliphatic carbocycles. The van der Waals surface area contributed by atoms with Crippen LogP contribution in [0.15, 0.2) is 48.8 Å². The van der Waals surface area contributed by atoms with E-state index >= 15 is 0 Å². The second kappa shape index (κ2) is 5.75. The lowest BCUT2D eigenvalue weighted by molar-refractivity contribution is -0.605. The molecule has 1 aliphatic rings. The fourth-order valence-electron chi connectivity index (χ4n) is 3.09. The molecule has 1 heterocycles. The molecule has 5 heteroatoms. The maximum Gasteiger partial charge on any atom is 0.252 e. The van der Waals surface area contributed by atoms with Gasteiger partial charge in [0.2, 0.25) is 0 Å². The van der Waals surface area contributed by atoms with Crippen molar-refractivity contribution in [2.24, 2.45) is 0 Å². The van der Waals surface area contributed by atoms with Crippen molar-refractivity contribution in [2.45, 2.75) is 31.2 Å². The maximum atomic E-state index is 13.1. The molecule has 22 heavy (non-hydrogen) atoms. The number of rotatable bonds is 3. The number of pyridine rings is 1. The largest absolute Gasteiger partial charge is 0.619 e. The molecule has 1 saturated carbocycles. The monoisotopic (exact) mass is 300 g/mol. The van der Waals surface area contributed by atoms with E-state index in [0.717, 1.165) is 31.2 Å². The quantitative estimate of drug-likeness (QED) is 0.700. The summed E-state index contributed by atoms with van der Waals surface area (Å²) in [5.41, 5.74) is 0.920. The van der Waals surface area contributed by atoms with Crippen LogP contribution in [0.3, 0.4) is 0 Å². The first-order chi connectivity index (χ1) is 10.6. The Balaban J connectivity index is 1.87. The number of hydrogen-bond acceptors (Lipinski definition) is 2. The van der Waals surface area contributed by atoms with E-state index < -0.39 is 5.54 Å². The molecule has 0 aliphatic heterocycles. The number of nitrogens with one attached hydrogen (secondary N) is 1. The number of benzene rings is 1. The molecule has 3 rings (SSSR count). The van der Waals surface area contributed by atoms with Crippen molar-refractivity contribution in [3.63, 3.8) is 0 Å². The van der Waals surface area contributed by atoms with Gasteiger partial charge in [-0.3, -0.25) is 4.79 Å². The molecular formula is C17H17FN2O2. The topological polar surface area (TPSA) is 56.0 Å². The number of nitrogens with zero attached hydrogens (tertiary/aromatic N) is 1. The van der Waals surface area contributed by atoms with E-state index in [4.69, 9.17) is 0 Å². The summed E-state index contributed by atoms with van der Waals surface area (Å²) in [7, 11) is 0. The Hall–Kier alpha value is -2.43. The number of hydrogen-bond donors (Lipinski definition) is 1. The molecule has 1 N–H and O–H groups in total. The van der Waals surface area contributed by atoms with Crippen molar-refractivity contribution in [2.75, 3.05) is 0 Å². The lowest BCUT2D eigenvalue weighted by atomic mass is 9.87. The Morgan fingerprint density at radius 3 is 2.27 bits per heavy atom. The van der Waals surface area contributed by atoms with Crippen molar-refractivity contribution in [1.82, 2.24) is 5.32 Å². The molecule has 0 spiro atoms. The Labute approximate surface area is 128 Å². The summed E-state index contributed by atoms with van der Waals surface area (Å²) >= 11 is 0. The van der Waals surface area contributed by atoms with Gasteiger partial charge in [-0.2, -0.15) is 4.73 Å². The zero-order chi connectivity index (χ0) is 15.6. The van der Waals surface area contributed by atoms with Gasteiger partial charge in [-0.05, 0) is 30.5 Å². The van der Waals surface area contributed by atoms with Crippen LogP contribution in [-0.4, -0.2) is 5.91 Å². The Morgan fingerprint density at radius 2 is 1.68 bits per heavy atom. The van der Waals surface area contributed by atoms with Gasteiger partial charge < -0.3 is 10.5 Å². The molecule has 0 saturated heterocycles. The highest BCUT2D eigenvalue weighted by atomic mass is 19.1. The SMILES string of the molecule is O=C(NC1(c2ccc(F)cc2)CCCC1)c1cc[n+]([O-])cc1. The fourth-order valence-corrected chi connectivity index (χ4v) is 3.09. The zero-order valence-electron chi connectivity index (χ0n) is 12.1. The molecule has 0 radical (unpaired) electrons. The highest BCUT2D eigenvalue weighted by Gasteiger charge is 2.37.